The summed E-state index contributed by atoms with van der Waals surface area (Å²) in [5.74, 6) is 0.620. The summed E-state index contributed by atoms with van der Waals surface area (Å²) in [5, 5.41) is 4.79. The molecule has 0 radical (unpaired) electrons. The molecule has 0 fully saturated rings. The number of aromatic amines is 1. The van der Waals surface area contributed by atoms with Crippen LogP contribution >= 0.6 is 12.4 Å². The lowest BCUT2D eigenvalue weighted by molar-refractivity contribution is 0.302. The van der Waals surface area contributed by atoms with E-state index in [9.17, 15) is 4.39 Å². The lowest BCUT2D eigenvalue weighted by Crippen LogP contribution is -2.17. The molecule has 0 saturated carbocycles. The molecular formula is C24H24ClFN2O. The van der Waals surface area contributed by atoms with Crippen LogP contribution in [0.1, 0.15) is 16.7 Å². The van der Waals surface area contributed by atoms with E-state index in [1.165, 1.54) is 28.6 Å². The van der Waals surface area contributed by atoms with Crippen LogP contribution in [0.4, 0.5) is 4.39 Å². The Labute approximate surface area is 176 Å². The summed E-state index contributed by atoms with van der Waals surface area (Å²) in [7, 11) is 0. The van der Waals surface area contributed by atoms with Crippen LogP contribution in [0.5, 0.6) is 5.75 Å². The van der Waals surface area contributed by atoms with Gasteiger partial charge in [0, 0.05) is 29.2 Å². The Hall–Kier alpha value is -2.82. The summed E-state index contributed by atoms with van der Waals surface area (Å²) < 4.78 is 19.0. The van der Waals surface area contributed by atoms with Crippen molar-refractivity contribution >= 4 is 23.3 Å². The number of benzene rings is 3. The van der Waals surface area contributed by atoms with Crippen molar-refractivity contribution in [2.24, 2.45) is 0 Å². The van der Waals surface area contributed by atoms with Gasteiger partial charge in [-0.1, -0.05) is 48.5 Å². The summed E-state index contributed by atoms with van der Waals surface area (Å²) in [4.78, 5) is 3.32. The molecule has 0 saturated heterocycles. The van der Waals surface area contributed by atoms with Crippen molar-refractivity contribution in [3.8, 4) is 5.75 Å². The molecule has 0 aliphatic rings. The number of hydrogen-bond acceptors (Lipinski definition) is 2. The van der Waals surface area contributed by atoms with E-state index in [0.717, 1.165) is 36.4 Å². The van der Waals surface area contributed by atoms with Crippen LogP contribution in [0.2, 0.25) is 0 Å². The van der Waals surface area contributed by atoms with Crippen molar-refractivity contribution < 1.29 is 9.13 Å². The van der Waals surface area contributed by atoms with E-state index < -0.39 is 0 Å². The van der Waals surface area contributed by atoms with Gasteiger partial charge < -0.3 is 15.0 Å². The minimum Gasteiger partial charge on any atom is -0.489 e. The molecule has 1 aromatic heterocycles. The van der Waals surface area contributed by atoms with E-state index >= 15 is 0 Å². The summed E-state index contributed by atoms with van der Waals surface area (Å²) in [6.07, 6.45) is 3.05. The minimum absolute atomic E-state index is 0. The van der Waals surface area contributed by atoms with Gasteiger partial charge in [-0.3, -0.25) is 0 Å². The Kier molecular flexibility index (Phi) is 7.28. The third-order valence-electron chi connectivity index (χ3n) is 4.84. The fraction of sp³-hybridized carbons (Fsp3) is 0.167. The van der Waals surface area contributed by atoms with Crippen LogP contribution in [0.3, 0.4) is 0 Å². The summed E-state index contributed by atoms with van der Waals surface area (Å²) >= 11 is 0. The maximum Gasteiger partial charge on any atom is 0.124 e. The Morgan fingerprint density at radius 1 is 0.862 bits per heavy atom. The Morgan fingerprint density at radius 3 is 2.48 bits per heavy atom. The topological polar surface area (TPSA) is 37.0 Å². The van der Waals surface area contributed by atoms with Gasteiger partial charge in [0.1, 0.15) is 18.2 Å². The number of nitrogens with one attached hydrogen (secondary N) is 2. The van der Waals surface area contributed by atoms with Gasteiger partial charge in [-0.15, -0.1) is 12.4 Å². The fourth-order valence-electron chi connectivity index (χ4n) is 3.32. The molecule has 0 amide bonds. The lowest BCUT2D eigenvalue weighted by atomic mass is 10.1. The van der Waals surface area contributed by atoms with Crippen molar-refractivity contribution in [2.45, 2.75) is 19.6 Å². The number of para-hydroxylation sites is 2. The first kappa shape index (κ1) is 20.9. The number of hydrogen-bond donors (Lipinski definition) is 2. The number of aromatic nitrogens is 1. The van der Waals surface area contributed by atoms with Crippen molar-refractivity contribution in [1.29, 1.82) is 0 Å². The Morgan fingerprint density at radius 2 is 1.62 bits per heavy atom. The quantitative estimate of drug-likeness (QED) is 0.369. The second kappa shape index (κ2) is 10.1. The van der Waals surface area contributed by atoms with Crippen LogP contribution in [0.25, 0.3) is 10.9 Å². The number of rotatable bonds is 8. The zero-order valence-electron chi connectivity index (χ0n) is 16.0. The maximum absolute atomic E-state index is 13.0. The van der Waals surface area contributed by atoms with E-state index in [0.29, 0.717) is 6.61 Å². The molecule has 5 heteroatoms. The average Bonchev–Trinajstić information content (AvgIpc) is 3.15. The first-order valence-electron chi connectivity index (χ1n) is 9.50. The molecular weight excluding hydrogens is 387 g/mol. The van der Waals surface area contributed by atoms with Crippen molar-refractivity contribution in [2.75, 3.05) is 6.54 Å². The Bertz CT molecular complexity index is 1050. The van der Waals surface area contributed by atoms with Crippen LogP contribution in [-0.2, 0) is 19.6 Å². The van der Waals surface area contributed by atoms with Gasteiger partial charge in [-0.25, -0.2) is 4.39 Å². The van der Waals surface area contributed by atoms with Crippen molar-refractivity contribution in [3.63, 3.8) is 0 Å². The van der Waals surface area contributed by atoms with Gasteiger partial charge in [-0.2, -0.15) is 0 Å². The van der Waals surface area contributed by atoms with Crippen LogP contribution < -0.4 is 10.1 Å². The third kappa shape index (κ3) is 5.37. The van der Waals surface area contributed by atoms with Gasteiger partial charge in [0.05, 0.1) is 0 Å². The minimum atomic E-state index is -0.233. The van der Waals surface area contributed by atoms with Gasteiger partial charge in [0.25, 0.3) is 0 Å². The first-order valence-corrected chi connectivity index (χ1v) is 9.50. The van der Waals surface area contributed by atoms with Gasteiger partial charge in [0.2, 0.25) is 0 Å². The monoisotopic (exact) mass is 410 g/mol. The molecule has 4 rings (SSSR count). The van der Waals surface area contributed by atoms with E-state index in [4.69, 9.17) is 4.74 Å². The molecule has 0 bridgehead atoms. The highest BCUT2D eigenvalue weighted by atomic mass is 35.5. The molecule has 29 heavy (non-hydrogen) atoms. The molecule has 0 spiro atoms. The molecule has 0 aliphatic carbocycles. The molecule has 2 N–H and O–H groups in total. The first-order chi connectivity index (χ1) is 13.8. The highest BCUT2D eigenvalue weighted by molar-refractivity contribution is 5.85. The molecule has 0 atom stereocenters. The zero-order valence-corrected chi connectivity index (χ0v) is 16.8. The lowest BCUT2D eigenvalue weighted by Gasteiger charge is -2.12. The van der Waals surface area contributed by atoms with Gasteiger partial charge in [0.15, 0.2) is 0 Å². The van der Waals surface area contributed by atoms with E-state index in [1.54, 1.807) is 12.1 Å². The zero-order chi connectivity index (χ0) is 19.2. The third-order valence-corrected chi connectivity index (χ3v) is 4.84. The van der Waals surface area contributed by atoms with Crippen LogP contribution in [0, 0.1) is 5.82 Å². The standard InChI is InChI=1S/C24H23FN2O.ClH/c25-21-11-9-18(10-12-21)17-28-24-8-4-1-5-20(24)15-26-14-13-19-16-27-23-7-3-2-6-22(19)23;/h1-12,16,26-27H,13-15,17H2;1H. The molecule has 150 valence electrons. The van der Waals surface area contributed by atoms with Crippen LogP contribution in [0.15, 0.2) is 79.0 Å². The normalized spacial score (nSPS) is 10.7. The summed E-state index contributed by atoms with van der Waals surface area (Å²) in [5.41, 5.74) is 4.56. The molecule has 0 unspecified atom stereocenters. The molecule has 3 aromatic carbocycles. The van der Waals surface area contributed by atoms with Gasteiger partial charge >= 0.3 is 0 Å². The van der Waals surface area contributed by atoms with E-state index in [2.05, 4.69) is 40.8 Å². The number of H-pyrrole nitrogens is 1. The van der Waals surface area contributed by atoms with E-state index in [-0.39, 0.29) is 18.2 Å². The highest BCUT2D eigenvalue weighted by Crippen LogP contribution is 2.20. The van der Waals surface area contributed by atoms with Crippen molar-refractivity contribution in [3.05, 3.63) is 102 Å². The smallest absolute Gasteiger partial charge is 0.124 e. The number of ether oxygens (including phenoxy) is 1. The molecule has 1 heterocycles. The summed E-state index contributed by atoms with van der Waals surface area (Å²) in [6.45, 7) is 2.04. The summed E-state index contributed by atoms with van der Waals surface area (Å²) in [6, 6.07) is 22.8. The van der Waals surface area contributed by atoms with Crippen LogP contribution in [-0.4, -0.2) is 11.5 Å². The number of halogens is 2. The Balaban J connectivity index is 0.00000240. The number of fused-ring (bicyclic) bond motifs is 1. The fourth-order valence-corrected chi connectivity index (χ4v) is 3.32. The second-order valence-electron chi connectivity index (χ2n) is 6.81. The van der Waals surface area contributed by atoms with E-state index in [1.807, 2.05) is 24.3 Å². The largest absolute Gasteiger partial charge is 0.489 e. The average molecular weight is 411 g/mol. The van der Waals surface area contributed by atoms with Gasteiger partial charge in [-0.05, 0) is 48.4 Å². The predicted octanol–water partition coefficient (Wildman–Crippen LogP) is 5.64. The second-order valence-corrected chi connectivity index (χ2v) is 6.81. The maximum atomic E-state index is 13.0. The highest BCUT2D eigenvalue weighted by Gasteiger charge is 2.05. The predicted molar refractivity (Wildman–Crippen MR) is 118 cm³/mol. The molecule has 4 aromatic rings. The molecule has 0 aliphatic heterocycles. The SMILES string of the molecule is Cl.Fc1ccc(COc2ccccc2CNCCc2c[nH]c3ccccc23)cc1. The molecule has 3 nitrogen and oxygen atoms in total. The van der Waals surface area contributed by atoms with Crippen molar-refractivity contribution in [1.82, 2.24) is 10.3 Å².